The summed E-state index contributed by atoms with van der Waals surface area (Å²) >= 11 is 0. The summed E-state index contributed by atoms with van der Waals surface area (Å²) in [6, 6.07) is 0.454. The molecule has 0 unspecified atom stereocenters. The monoisotopic (exact) mass is 268 g/mol. The summed E-state index contributed by atoms with van der Waals surface area (Å²) in [5, 5.41) is 0. The van der Waals surface area contributed by atoms with E-state index in [9.17, 15) is 4.79 Å². The number of hydrogen-bond acceptors (Lipinski definition) is 3. The van der Waals surface area contributed by atoms with Crippen LogP contribution in [-0.4, -0.2) is 42.6 Å². The maximum atomic E-state index is 12.0. The number of carbonyl (C=O) groups excluding carboxylic acids is 1. The van der Waals surface area contributed by atoms with Gasteiger partial charge in [0.25, 0.3) is 0 Å². The summed E-state index contributed by atoms with van der Waals surface area (Å²) in [6.45, 7) is 5.28. The first-order valence-corrected chi connectivity index (χ1v) is 7.47. The highest BCUT2D eigenvalue weighted by Gasteiger charge is 2.39. The average molecular weight is 268 g/mol. The van der Waals surface area contributed by atoms with Gasteiger partial charge < -0.3 is 15.4 Å². The highest BCUT2D eigenvalue weighted by Crippen LogP contribution is 2.41. The van der Waals surface area contributed by atoms with E-state index in [1.807, 2.05) is 11.9 Å². The molecule has 19 heavy (non-hydrogen) atoms. The molecule has 4 nitrogen and oxygen atoms in total. The molecule has 0 heterocycles. The SMILES string of the molecule is CN(C(=O)COC1(CN)CCC(C)(C)CC1)C1CC1. The van der Waals surface area contributed by atoms with Crippen molar-refractivity contribution >= 4 is 5.91 Å². The highest BCUT2D eigenvalue weighted by atomic mass is 16.5. The quantitative estimate of drug-likeness (QED) is 0.829. The minimum atomic E-state index is -0.268. The minimum absolute atomic E-state index is 0.0974. The van der Waals surface area contributed by atoms with Crippen molar-refractivity contribution in [3.63, 3.8) is 0 Å². The lowest BCUT2D eigenvalue weighted by molar-refractivity contribution is -0.146. The fraction of sp³-hybridized carbons (Fsp3) is 0.933. The first kappa shape index (κ1) is 14.8. The Labute approximate surface area is 116 Å². The lowest BCUT2D eigenvalue weighted by atomic mass is 9.71. The second-order valence-corrected chi connectivity index (χ2v) is 7.08. The van der Waals surface area contributed by atoms with Crippen LogP contribution in [0.2, 0.25) is 0 Å². The summed E-state index contributed by atoms with van der Waals surface area (Å²) in [6.07, 6.45) is 6.46. The van der Waals surface area contributed by atoms with Crippen LogP contribution < -0.4 is 5.73 Å². The normalized spacial score (nSPS) is 25.1. The Morgan fingerprint density at radius 2 is 1.84 bits per heavy atom. The topological polar surface area (TPSA) is 55.6 Å². The van der Waals surface area contributed by atoms with E-state index in [0.717, 1.165) is 38.5 Å². The Hall–Kier alpha value is -0.610. The van der Waals surface area contributed by atoms with Gasteiger partial charge >= 0.3 is 0 Å². The van der Waals surface area contributed by atoms with Crippen molar-refractivity contribution in [1.29, 1.82) is 0 Å². The highest BCUT2D eigenvalue weighted by molar-refractivity contribution is 5.77. The third-order valence-corrected chi connectivity index (χ3v) is 4.88. The molecule has 2 rings (SSSR count). The standard InChI is InChI=1S/C15H28N2O2/c1-14(2)6-8-15(11-16,9-7-14)19-10-13(18)17(3)12-4-5-12/h12H,4-11,16H2,1-3H3. The summed E-state index contributed by atoms with van der Waals surface area (Å²) in [5.41, 5.74) is 6.03. The van der Waals surface area contributed by atoms with E-state index in [0.29, 0.717) is 18.0 Å². The first-order chi connectivity index (χ1) is 8.87. The molecule has 0 atom stereocenters. The number of amides is 1. The number of hydrogen-bond donors (Lipinski definition) is 1. The molecule has 0 aromatic rings. The molecule has 110 valence electrons. The molecule has 2 N–H and O–H groups in total. The number of ether oxygens (including phenoxy) is 1. The van der Waals surface area contributed by atoms with Crippen LogP contribution in [0.3, 0.4) is 0 Å². The summed E-state index contributed by atoms with van der Waals surface area (Å²) < 4.78 is 5.96. The van der Waals surface area contributed by atoms with E-state index >= 15 is 0 Å². The van der Waals surface area contributed by atoms with Crippen molar-refractivity contribution in [3.8, 4) is 0 Å². The van der Waals surface area contributed by atoms with E-state index in [2.05, 4.69) is 13.8 Å². The van der Waals surface area contributed by atoms with E-state index in [4.69, 9.17) is 10.5 Å². The van der Waals surface area contributed by atoms with Crippen molar-refractivity contribution in [3.05, 3.63) is 0 Å². The molecule has 0 radical (unpaired) electrons. The van der Waals surface area contributed by atoms with Crippen LogP contribution >= 0.6 is 0 Å². The third kappa shape index (κ3) is 3.69. The van der Waals surface area contributed by atoms with Crippen molar-refractivity contribution in [2.75, 3.05) is 20.2 Å². The van der Waals surface area contributed by atoms with Crippen LogP contribution in [0.4, 0.5) is 0 Å². The number of nitrogens with two attached hydrogens (primary N) is 1. The Morgan fingerprint density at radius 3 is 2.32 bits per heavy atom. The van der Waals surface area contributed by atoms with E-state index < -0.39 is 0 Å². The Kier molecular flexibility index (Phi) is 4.21. The Balaban J connectivity index is 1.83. The van der Waals surface area contributed by atoms with Crippen molar-refractivity contribution in [2.24, 2.45) is 11.1 Å². The molecule has 4 heteroatoms. The van der Waals surface area contributed by atoms with Gasteiger partial charge in [0.1, 0.15) is 6.61 Å². The maximum Gasteiger partial charge on any atom is 0.248 e. The first-order valence-electron chi connectivity index (χ1n) is 7.47. The van der Waals surface area contributed by atoms with Gasteiger partial charge in [-0.2, -0.15) is 0 Å². The fourth-order valence-electron chi connectivity index (χ4n) is 2.77. The third-order valence-electron chi connectivity index (χ3n) is 4.88. The molecule has 0 spiro atoms. The summed E-state index contributed by atoms with van der Waals surface area (Å²) in [4.78, 5) is 13.8. The van der Waals surface area contributed by atoms with Gasteiger partial charge in [0.2, 0.25) is 5.91 Å². The zero-order valence-corrected chi connectivity index (χ0v) is 12.6. The second-order valence-electron chi connectivity index (χ2n) is 7.08. The predicted octanol–water partition coefficient (Wildman–Crippen LogP) is 1.92. The largest absolute Gasteiger partial charge is 0.364 e. The fourth-order valence-corrected chi connectivity index (χ4v) is 2.77. The van der Waals surface area contributed by atoms with Crippen LogP contribution in [0.1, 0.15) is 52.4 Å². The van der Waals surface area contributed by atoms with Crippen molar-refractivity contribution < 1.29 is 9.53 Å². The molecule has 2 saturated carbocycles. The van der Waals surface area contributed by atoms with Crippen LogP contribution in [0.5, 0.6) is 0 Å². The molecule has 0 aromatic heterocycles. The Bertz CT molecular complexity index is 327. The zero-order valence-electron chi connectivity index (χ0n) is 12.6. The minimum Gasteiger partial charge on any atom is -0.364 e. The van der Waals surface area contributed by atoms with Gasteiger partial charge in [-0.25, -0.2) is 0 Å². The van der Waals surface area contributed by atoms with Crippen LogP contribution in [0, 0.1) is 5.41 Å². The van der Waals surface area contributed by atoms with Gasteiger partial charge in [-0.15, -0.1) is 0 Å². The smallest absolute Gasteiger partial charge is 0.248 e. The molecular weight excluding hydrogens is 240 g/mol. The number of likely N-dealkylation sites (N-methyl/N-ethyl adjacent to an activating group) is 1. The molecule has 2 aliphatic rings. The van der Waals surface area contributed by atoms with Crippen LogP contribution in [0.25, 0.3) is 0 Å². The number of nitrogens with zero attached hydrogens (tertiary/aromatic N) is 1. The molecule has 0 bridgehead atoms. The van der Waals surface area contributed by atoms with Gasteiger partial charge in [-0.05, 0) is 43.9 Å². The molecular formula is C15H28N2O2. The average Bonchev–Trinajstić information content (AvgIpc) is 3.21. The zero-order chi connectivity index (χ0) is 14.1. The molecule has 0 aliphatic heterocycles. The van der Waals surface area contributed by atoms with Crippen molar-refractivity contribution in [1.82, 2.24) is 4.90 Å². The Morgan fingerprint density at radius 1 is 1.26 bits per heavy atom. The molecule has 0 saturated heterocycles. The lowest BCUT2D eigenvalue weighted by Crippen LogP contribution is -2.47. The van der Waals surface area contributed by atoms with E-state index in [1.54, 1.807) is 0 Å². The number of rotatable bonds is 5. The molecule has 1 amide bonds. The molecule has 2 aliphatic carbocycles. The second kappa shape index (κ2) is 5.41. The van der Waals surface area contributed by atoms with Crippen molar-refractivity contribution in [2.45, 2.75) is 64.0 Å². The van der Waals surface area contributed by atoms with Gasteiger partial charge in [0.05, 0.1) is 5.60 Å². The molecule has 2 fully saturated rings. The van der Waals surface area contributed by atoms with Gasteiger partial charge in [0.15, 0.2) is 0 Å². The van der Waals surface area contributed by atoms with E-state index in [1.165, 1.54) is 0 Å². The maximum absolute atomic E-state index is 12.0. The number of carbonyl (C=O) groups is 1. The van der Waals surface area contributed by atoms with E-state index in [-0.39, 0.29) is 18.1 Å². The van der Waals surface area contributed by atoms with Gasteiger partial charge in [-0.3, -0.25) is 4.79 Å². The lowest BCUT2D eigenvalue weighted by Gasteiger charge is -2.42. The van der Waals surface area contributed by atoms with Crippen LogP contribution in [-0.2, 0) is 9.53 Å². The summed E-state index contributed by atoms with van der Waals surface area (Å²) in [5.74, 6) is 0.0974. The van der Waals surface area contributed by atoms with Crippen LogP contribution in [0.15, 0.2) is 0 Å². The summed E-state index contributed by atoms with van der Waals surface area (Å²) in [7, 11) is 1.88. The predicted molar refractivity (Wildman–Crippen MR) is 75.8 cm³/mol. The van der Waals surface area contributed by atoms with Gasteiger partial charge in [-0.1, -0.05) is 13.8 Å². The van der Waals surface area contributed by atoms with Gasteiger partial charge in [0, 0.05) is 19.6 Å². The molecule has 0 aromatic carbocycles.